The molecule has 0 unspecified atom stereocenters. The molecule has 0 radical (unpaired) electrons. The van der Waals surface area contributed by atoms with Crippen molar-refractivity contribution in [3.05, 3.63) is 164 Å². The van der Waals surface area contributed by atoms with Crippen molar-refractivity contribution >= 4 is 43.4 Å². The fourth-order valence-corrected chi connectivity index (χ4v) is 7.43. The fraction of sp³-hybridized carbons (Fsp3) is 0. The molecule has 0 atom stereocenters. The van der Waals surface area contributed by atoms with Gasteiger partial charge >= 0.3 is 0 Å². The van der Waals surface area contributed by atoms with Crippen LogP contribution in [0.25, 0.3) is 82.4 Å². The minimum atomic E-state index is 0.905. The molecule has 0 saturated carbocycles. The predicted octanol–water partition coefficient (Wildman–Crippen LogP) is 12.2. The second-order valence-corrected chi connectivity index (χ2v) is 12.1. The highest BCUT2D eigenvalue weighted by Crippen LogP contribution is 2.47. The van der Waals surface area contributed by atoms with Gasteiger partial charge in [0.25, 0.3) is 0 Å². The molecule has 1 aliphatic rings. The predicted molar refractivity (Wildman–Crippen MR) is 192 cm³/mol. The zero-order valence-electron chi connectivity index (χ0n) is 24.9. The number of benzene rings is 8. The Balaban J connectivity index is 1.08. The molecule has 2 heterocycles. The van der Waals surface area contributed by atoms with Crippen LogP contribution in [0.1, 0.15) is 0 Å². The van der Waals surface area contributed by atoms with E-state index in [0.29, 0.717) is 0 Å². The molecular formula is C44H27NO. The van der Waals surface area contributed by atoms with E-state index in [1.807, 2.05) is 0 Å². The van der Waals surface area contributed by atoms with E-state index in [1.165, 1.54) is 76.9 Å². The molecule has 10 rings (SSSR count). The lowest BCUT2D eigenvalue weighted by Gasteiger charge is -2.22. The fourth-order valence-electron chi connectivity index (χ4n) is 7.43. The molecule has 0 saturated heterocycles. The van der Waals surface area contributed by atoms with E-state index in [-0.39, 0.29) is 0 Å². The summed E-state index contributed by atoms with van der Waals surface area (Å²) in [4.78, 5) is 0. The van der Waals surface area contributed by atoms with Crippen LogP contribution in [0.15, 0.2) is 164 Å². The Bertz CT molecular complexity index is 2640. The molecule has 0 bridgehead atoms. The Labute approximate surface area is 266 Å². The highest BCUT2D eigenvalue weighted by atomic mass is 16.5. The van der Waals surface area contributed by atoms with E-state index in [1.54, 1.807) is 0 Å². The molecule has 214 valence electrons. The number of nitrogens with zero attached hydrogens (tertiary/aromatic N) is 1. The number of aromatic nitrogens is 1. The molecule has 1 aromatic heterocycles. The summed E-state index contributed by atoms with van der Waals surface area (Å²) in [5.74, 6) is 1.83. The van der Waals surface area contributed by atoms with E-state index in [0.717, 1.165) is 17.1 Å². The topological polar surface area (TPSA) is 14.2 Å². The van der Waals surface area contributed by atoms with Crippen LogP contribution in [0.2, 0.25) is 0 Å². The van der Waals surface area contributed by atoms with Crippen molar-refractivity contribution in [2.45, 2.75) is 0 Å². The molecule has 0 spiro atoms. The number of hydrogen-bond donors (Lipinski definition) is 0. The van der Waals surface area contributed by atoms with Crippen molar-refractivity contribution in [1.29, 1.82) is 0 Å². The van der Waals surface area contributed by atoms with Gasteiger partial charge < -0.3 is 9.30 Å². The number of para-hydroxylation sites is 2. The highest BCUT2D eigenvalue weighted by Gasteiger charge is 2.20. The van der Waals surface area contributed by atoms with Crippen molar-refractivity contribution in [3.8, 4) is 50.6 Å². The Morgan fingerprint density at radius 3 is 1.96 bits per heavy atom. The summed E-state index contributed by atoms with van der Waals surface area (Å²) in [6.07, 6.45) is 0. The third-order valence-corrected chi connectivity index (χ3v) is 9.57. The molecule has 0 amide bonds. The summed E-state index contributed by atoms with van der Waals surface area (Å²) in [5, 5.41) is 7.41. The smallest absolute Gasteiger partial charge is 0.135 e. The van der Waals surface area contributed by atoms with Crippen LogP contribution in [0, 0.1) is 0 Å². The van der Waals surface area contributed by atoms with Crippen molar-refractivity contribution in [1.82, 2.24) is 4.57 Å². The van der Waals surface area contributed by atoms with Crippen LogP contribution in [0.4, 0.5) is 0 Å². The summed E-state index contributed by atoms with van der Waals surface area (Å²) in [7, 11) is 0. The average molecular weight is 586 g/mol. The van der Waals surface area contributed by atoms with Gasteiger partial charge in [-0.2, -0.15) is 0 Å². The summed E-state index contributed by atoms with van der Waals surface area (Å²) in [6.45, 7) is 0. The third-order valence-electron chi connectivity index (χ3n) is 9.57. The molecular weight excluding hydrogens is 558 g/mol. The summed E-state index contributed by atoms with van der Waals surface area (Å²) < 4.78 is 8.72. The van der Waals surface area contributed by atoms with Gasteiger partial charge in [-0.25, -0.2) is 0 Å². The largest absolute Gasteiger partial charge is 0.456 e. The molecule has 2 nitrogen and oxygen atoms in total. The van der Waals surface area contributed by atoms with Gasteiger partial charge in [0.05, 0.1) is 11.0 Å². The van der Waals surface area contributed by atoms with Gasteiger partial charge in [0.1, 0.15) is 11.5 Å². The van der Waals surface area contributed by atoms with Crippen LogP contribution >= 0.6 is 0 Å². The first-order chi connectivity index (χ1) is 22.8. The molecule has 0 aliphatic carbocycles. The maximum atomic E-state index is 6.34. The van der Waals surface area contributed by atoms with Gasteiger partial charge in [-0.15, -0.1) is 0 Å². The second kappa shape index (κ2) is 9.69. The van der Waals surface area contributed by atoms with Crippen molar-refractivity contribution in [2.24, 2.45) is 0 Å². The molecule has 8 aromatic carbocycles. The first-order valence-electron chi connectivity index (χ1n) is 15.8. The Morgan fingerprint density at radius 2 is 1.09 bits per heavy atom. The summed E-state index contributed by atoms with van der Waals surface area (Å²) >= 11 is 0. The first kappa shape index (κ1) is 25.2. The quantitative estimate of drug-likeness (QED) is 0.201. The minimum absolute atomic E-state index is 0.905. The van der Waals surface area contributed by atoms with E-state index in [2.05, 4.69) is 168 Å². The molecule has 9 aromatic rings. The Morgan fingerprint density at radius 1 is 0.370 bits per heavy atom. The summed E-state index contributed by atoms with van der Waals surface area (Å²) in [5.41, 5.74) is 10.8. The van der Waals surface area contributed by atoms with E-state index < -0.39 is 0 Å². The van der Waals surface area contributed by atoms with Gasteiger partial charge in [-0.3, -0.25) is 0 Å². The third kappa shape index (κ3) is 3.71. The Hall–Kier alpha value is -6.12. The Kier molecular flexibility index (Phi) is 5.31. The molecule has 0 fully saturated rings. The molecule has 1 aliphatic heterocycles. The maximum Gasteiger partial charge on any atom is 0.135 e. The molecule has 2 heteroatoms. The van der Waals surface area contributed by atoms with Gasteiger partial charge in [-0.1, -0.05) is 115 Å². The van der Waals surface area contributed by atoms with Gasteiger partial charge in [0, 0.05) is 27.4 Å². The van der Waals surface area contributed by atoms with Crippen LogP contribution < -0.4 is 4.74 Å². The van der Waals surface area contributed by atoms with Gasteiger partial charge in [-0.05, 0) is 92.5 Å². The van der Waals surface area contributed by atoms with Crippen LogP contribution in [-0.4, -0.2) is 4.57 Å². The van der Waals surface area contributed by atoms with Crippen molar-refractivity contribution < 1.29 is 4.74 Å². The lowest BCUT2D eigenvalue weighted by Crippen LogP contribution is -1.97. The number of fused-ring (bicyclic) bond motifs is 6. The standard InChI is InChI=1S/C44H27NO/c1-2-12-33(13-3-1)45-40-17-5-4-14-35(40)38-27-37-32(26-41(38)45)11-7-15-34(37)29-21-19-28(20-22-29)31-23-24-42-39(25-31)36-16-6-9-30-10-8-18-43(46-42)44(30)36/h1-27H. The lowest BCUT2D eigenvalue weighted by molar-refractivity contribution is 0.487. The average Bonchev–Trinajstić information content (AvgIpc) is 3.44. The van der Waals surface area contributed by atoms with Crippen LogP contribution in [-0.2, 0) is 0 Å². The summed E-state index contributed by atoms with van der Waals surface area (Å²) in [6, 6.07) is 59.1. The van der Waals surface area contributed by atoms with E-state index >= 15 is 0 Å². The number of rotatable bonds is 3. The zero-order valence-corrected chi connectivity index (χ0v) is 24.9. The maximum absolute atomic E-state index is 6.34. The number of ether oxygens (including phenoxy) is 1. The molecule has 0 N–H and O–H groups in total. The van der Waals surface area contributed by atoms with Crippen molar-refractivity contribution in [2.75, 3.05) is 0 Å². The van der Waals surface area contributed by atoms with E-state index in [9.17, 15) is 0 Å². The SMILES string of the molecule is c1ccc(-n2c3ccccc3c3cc4c(-c5ccc(-c6ccc7c(c6)-c6cccc8cccc(c68)O7)cc5)cccc4cc32)cc1. The lowest BCUT2D eigenvalue weighted by atomic mass is 9.91. The minimum Gasteiger partial charge on any atom is -0.456 e. The molecule has 46 heavy (non-hydrogen) atoms. The zero-order chi connectivity index (χ0) is 30.2. The van der Waals surface area contributed by atoms with Gasteiger partial charge in [0.2, 0.25) is 0 Å². The highest BCUT2D eigenvalue weighted by molar-refractivity contribution is 6.15. The van der Waals surface area contributed by atoms with Crippen LogP contribution in [0.5, 0.6) is 11.5 Å². The van der Waals surface area contributed by atoms with Gasteiger partial charge in [0.15, 0.2) is 0 Å². The second-order valence-electron chi connectivity index (χ2n) is 12.1. The normalized spacial score (nSPS) is 12.1. The van der Waals surface area contributed by atoms with Crippen molar-refractivity contribution in [3.63, 3.8) is 0 Å². The number of hydrogen-bond acceptors (Lipinski definition) is 1. The first-order valence-corrected chi connectivity index (χ1v) is 15.8. The van der Waals surface area contributed by atoms with E-state index in [4.69, 9.17) is 4.74 Å². The monoisotopic (exact) mass is 585 g/mol. The van der Waals surface area contributed by atoms with Crippen LogP contribution in [0.3, 0.4) is 0 Å².